The standard InChI is InChI=1S/C14H21ClN2O/c1-10-5-14(18-2)12(6-13(10)15)9-17-8-11-3-4-16-7-11/h5-6,11,16-17H,3-4,7-9H2,1-2H3. The molecule has 3 nitrogen and oxygen atoms in total. The van der Waals surface area contributed by atoms with Gasteiger partial charge in [-0.1, -0.05) is 11.6 Å². The number of methoxy groups -OCH3 is 1. The van der Waals surface area contributed by atoms with E-state index in [1.165, 1.54) is 6.42 Å². The van der Waals surface area contributed by atoms with E-state index in [2.05, 4.69) is 10.6 Å². The molecule has 1 atom stereocenters. The molecular formula is C14H21ClN2O. The van der Waals surface area contributed by atoms with Gasteiger partial charge in [0.2, 0.25) is 0 Å². The number of hydrogen-bond donors (Lipinski definition) is 2. The number of ether oxygens (including phenoxy) is 1. The maximum atomic E-state index is 6.16. The van der Waals surface area contributed by atoms with Gasteiger partial charge in [-0.15, -0.1) is 0 Å². The first-order valence-corrected chi connectivity index (χ1v) is 6.83. The summed E-state index contributed by atoms with van der Waals surface area (Å²) in [6.45, 7) is 6.11. The van der Waals surface area contributed by atoms with Crippen molar-refractivity contribution in [3.63, 3.8) is 0 Å². The van der Waals surface area contributed by atoms with Crippen molar-refractivity contribution < 1.29 is 4.74 Å². The molecule has 4 heteroatoms. The fraction of sp³-hybridized carbons (Fsp3) is 0.571. The van der Waals surface area contributed by atoms with Crippen molar-refractivity contribution in [2.75, 3.05) is 26.7 Å². The summed E-state index contributed by atoms with van der Waals surface area (Å²) in [7, 11) is 1.70. The van der Waals surface area contributed by atoms with Crippen LogP contribution in [0.15, 0.2) is 12.1 Å². The Kier molecular flexibility index (Phi) is 4.87. The second-order valence-corrected chi connectivity index (χ2v) is 5.31. The maximum absolute atomic E-state index is 6.16. The minimum Gasteiger partial charge on any atom is -0.496 e. The fourth-order valence-corrected chi connectivity index (χ4v) is 2.51. The third kappa shape index (κ3) is 3.37. The summed E-state index contributed by atoms with van der Waals surface area (Å²) in [6.07, 6.45) is 1.26. The zero-order valence-corrected chi connectivity index (χ0v) is 11.8. The van der Waals surface area contributed by atoms with E-state index < -0.39 is 0 Å². The number of nitrogens with one attached hydrogen (secondary N) is 2. The van der Waals surface area contributed by atoms with E-state index in [1.807, 2.05) is 19.1 Å². The molecule has 100 valence electrons. The van der Waals surface area contributed by atoms with Crippen LogP contribution in [0.3, 0.4) is 0 Å². The monoisotopic (exact) mass is 268 g/mol. The van der Waals surface area contributed by atoms with Crippen LogP contribution in [-0.4, -0.2) is 26.7 Å². The molecule has 1 fully saturated rings. The Morgan fingerprint density at radius 3 is 3.00 bits per heavy atom. The molecule has 1 unspecified atom stereocenters. The van der Waals surface area contributed by atoms with Crippen LogP contribution in [0.25, 0.3) is 0 Å². The summed E-state index contributed by atoms with van der Waals surface area (Å²) in [6, 6.07) is 3.99. The van der Waals surface area contributed by atoms with E-state index in [0.717, 1.165) is 54.0 Å². The van der Waals surface area contributed by atoms with Crippen LogP contribution in [0.1, 0.15) is 17.5 Å². The van der Waals surface area contributed by atoms with Gasteiger partial charge >= 0.3 is 0 Å². The quantitative estimate of drug-likeness (QED) is 0.860. The van der Waals surface area contributed by atoms with E-state index in [4.69, 9.17) is 16.3 Å². The van der Waals surface area contributed by atoms with Crippen LogP contribution < -0.4 is 15.4 Å². The Morgan fingerprint density at radius 1 is 1.50 bits per heavy atom. The average molecular weight is 269 g/mol. The number of halogens is 1. The molecule has 1 heterocycles. The minimum atomic E-state index is 0.747. The van der Waals surface area contributed by atoms with Crippen molar-refractivity contribution >= 4 is 11.6 Å². The molecule has 0 spiro atoms. The van der Waals surface area contributed by atoms with Crippen LogP contribution in [0.5, 0.6) is 5.75 Å². The molecule has 1 aromatic rings. The zero-order valence-electron chi connectivity index (χ0n) is 11.1. The molecule has 2 N–H and O–H groups in total. The minimum absolute atomic E-state index is 0.747. The first-order chi connectivity index (χ1) is 8.70. The fourth-order valence-electron chi connectivity index (χ4n) is 2.32. The first-order valence-electron chi connectivity index (χ1n) is 6.45. The highest BCUT2D eigenvalue weighted by molar-refractivity contribution is 6.31. The summed E-state index contributed by atoms with van der Waals surface area (Å²) in [4.78, 5) is 0. The van der Waals surface area contributed by atoms with E-state index >= 15 is 0 Å². The SMILES string of the molecule is COc1cc(C)c(Cl)cc1CNCC1CCNC1. The van der Waals surface area contributed by atoms with Crippen molar-refractivity contribution in [1.29, 1.82) is 0 Å². The second kappa shape index (κ2) is 6.41. The summed E-state index contributed by atoms with van der Waals surface area (Å²) >= 11 is 6.16. The van der Waals surface area contributed by atoms with Crippen LogP contribution in [-0.2, 0) is 6.54 Å². The smallest absolute Gasteiger partial charge is 0.123 e. The molecule has 1 aliphatic heterocycles. The van der Waals surface area contributed by atoms with Gasteiger partial charge in [0.1, 0.15) is 5.75 Å². The lowest BCUT2D eigenvalue weighted by atomic mass is 10.1. The molecule has 1 aliphatic rings. The predicted molar refractivity (Wildman–Crippen MR) is 75.4 cm³/mol. The van der Waals surface area contributed by atoms with Crippen molar-refractivity contribution in [3.8, 4) is 5.75 Å². The van der Waals surface area contributed by atoms with E-state index in [9.17, 15) is 0 Å². The van der Waals surface area contributed by atoms with Crippen LogP contribution in [0.2, 0.25) is 5.02 Å². The van der Waals surface area contributed by atoms with Gasteiger partial charge in [-0.2, -0.15) is 0 Å². The number of benzene rings is 1. The van der Waals surface area contributed by atoms with Crippen molar-refractivity contribution in [1.82, 2.24) is 10.6 Å². The summed E-state index contributed by atoms with van der Waals surface area (Å²) in [5.74, 6) is 1.66. The highest BCUT2D eigenvalue weighted by Crippen LogP contribution is 2.26. The van der Waals surface area contributed by atoms with Gasteiger partial charge in [-0.25, -0.2) is 0 Å². The third-order valence-corrected chi connectivity index (χ3v) is 3.88. The first kappa shape index (κ1) is 13.7. The Bertz CT molecular complexity index is 403. The summed E-state index contributed by atoms with van der Waals surface area (Å²) in [5, 5.41) is 7.66. The molecule has 0 saturated carbocycles. The Morgan fingerprint density at radius 2 is 2.33 bits per heavy atom. The number of rotatable bonds is 5. The molecule has 1 aromatic carbocycles. The van der Waals surface area contributed by atoms with E-state index in [-0.39, 0.29) is 0 Å². The highest BCUT2D eigenvalue weighted by atomic mass is 35.5. The molecule has 1 saturated heterocycles. The molecule has 0 aliphatic carbocycles. The molecular weight excluding hydrogens is 248 g/mol. The van der Waals surface area contributed by atoms with Gasteiger partial charge in [0, 0.05) is 17.1 Å². The van der Waals surface area contributed by atoms with E-state index in [1.54, 1.807) is 7.11 Å². The van der Waals surface area contributed by atoms with Gasteiger partial charge in [-0.3, -0.25) is 0 Å². The van der Waals surface area contributed by atoms with Gasteiger partial charge in [0.25, 0.3) is 0 Å². The second-order valence-electron chi connectivity index (χ2n) is 4.90. The van der Waals surface area contributed by atoms with Crippen LogP contribution in [0, 0.1) is 12.8 Å². The Balaban J connectivity index is 1.93. The topological polar surface area (TPSA) is 33.3 Å². The summed E-state index contributed by atoms with van der Waals surface area (Å²) in [5.41, 5.74) is 2.18. The van der Waals surface area contributed by atoms with Crippen molar-refractivity contribution in [3.05, 3.63) is 28.3 Å². The van der Waals surface area contributed by atoms with Crippen molar-refractivity contribution in [2.45, 2.75) is 19.9 Å². The molecule has 0 bridgehead atoms. The molecule has 0 amide bonds. The normalized spacial score (nSPS) is 19.2. The molecule has 0 aromatic heterocycles. The largest absolute Gasteiger partial charge is 0.496 e. The predicted octanol–water partition coefficient (Wildman–Crippen LogP) is 2.36. The Hall–Kier alpha value is -0.770. The van der Waals surface area contributed by atoms with Crippen molar-refractivity contribution in [2.24, 2.45) is 5.92 Å². The molecule has 0 radical (unpaired) electrons. The lowest BCUT2D eigenvalue weighted by Gasteiger charge is -2.13. The molecule has 2 rings (SSSR count). The van der Waals surface area contributed by atoms with Gasteiger partial charge in [0.15, 0.2) is 0 Å². The van der Waals surface area contributed by atoms with Gasteiger partial charge in [-0.05, 0) is 56.6 Å². The molecule has 18 heavy (non-hydrogen) atoms. The van der Waals surface area contributed by atoms with E-state index in [0.29, 0.717) is 0 Å². The average Bonchev–Trinajstić information content (AvgIpc) is 2.86. The van der Waals surface area contributed by atoms with Gasteiger partial charge in [0.05, 0.1) is 7.11 Å². The summed E-state index contributed by atoms with van der Waals surface area (Å²) < 4.78 is 5.39. The maximum Gasteiger partial charge on any atom is 0.123 e. The number of aryl methyl sites for hydroxylation is 1. The van der Waals surface area contributed by atoms with Crippen LogP contribution in [0.4, 0.5) is 0 Å². The lowest BCUT2D eigenvalue weighted by Crippen LogP contribution is -2.24. The third-order valence-electron chi connectivity index (χ3n) is 3.47. The van der Waals surface area contributed by atoms with Gasteiger partial charge < -0.3 is 15.4 Å². The number of hydrogen-bond acceptors (Lipinski definition) is 3. The zero-order chi connectivity index (χ0) is 13.0. The Labute approximate surface area is 114 Å². The lowest BCUT2D eigenvalue weighted by molar-refractivity contribution is 0.405. The van der Waals surface area contributed by atoms with Crippen LogP contribution >= 0.6 is 11.6 Å². The highest BCUT2D eigenvalue weighted by Gasteiger charge is 2.14.